The molecule has 0 fully saturated rings. The molecule has 1 aliphatic heterocycles. The summed E-state index contributed by atoms with van der Waals surface area (Å²) in [6.07, 6.45) is 5.67. The maximum Gasteiger partial charge on any atom is 0.283 e. The van der Waals surface area contributed by atoms with Gasteiger partial charge in [-0.25, -0.2) is 8.42 Å². The Labute approximate surface area is 209 Å². The van der Waals surface area contributed by atoms with Crippen LogP contribution in [0, 0.1) is 33.8 Å². The lowest BCUT2D eigenvalue weighted by Gasteiger charge is -2.30. The summed E-state index contributed by atoms with van der Waals surface area (Å²) in [7, 11) is -4.16. The number of rotatable bonds is 8. The molecule has 0 bridgehead atoms. The van der Waals surface area contributed by atoms with Gasteiger partial charge < -0.3 is 4.90 Å². The zero-order valence-corrected chi connectivity index (χ0v) is 21.4. The van der Waals surface area contributed by atoms with Crippen LogP contribution in [0.25, 0.3) is 0 Å². The fourth-order valence-corrected chi connectivity index (χ4v) is 6.28. The number of hydrogen-bond acceptors (Lipinski definition) is 6. The first-order valence-electron chi connectivity index (χ1n) is 9.86. The van der Waals surface area contributed by atoms with Crippen molar-refractivity contribution in [3.8, 4) is 18.4 Å². The smallest absolute Gasteiger partial charge is 0.283 e. The average molecular weight is 598 g/mol. The minimum absolute atomic E-state index is 0.0300. The van der Waals surface area contributed by atoms with Crippen LogP contribution in [0.4, 0.5) is 11.4 Å². The summed E-state index contributed by atoms with van der Waals surface area (Å²) >= 11 is 6.76. The van der Waals surface area contributed by atoms with Crippen LogP contribution in [0.5, 0.6) is 0 Å². The number of nitrogens with zero attached hydrogens (tertiary/aromatic N) is 5. The first-order valence-corrected chi connectivity index (χ1v) is 13.5. The van der Waals surface area contributed by atoms with Crippen LogP contribution in [0.3, 0.4) is 0 Å². The number of terminal acetylenes is 1. The van der Waals surface area contributed by atoms with E-state index >= 15 is 0 Å². The van der Waals surface area contributed by atoms with Gasteiger partial charge in [-0.15, -0.1) is 6.42 Å². The average Bonchev–Trinajstić information content (AvgIpc) is 2.82. The van der Waals surface area contributed by atoms with Crippen molar-refractivity contribution < 1.29 is 17.9 Å². The summed E-state index contributed by atoms with van der Waals surface area (Å²) < 4.78 is 30.7. The van der Waals surface area contributed by atoms with Crippen LogP contribution in [0.2, 0.25) is 0 Å². The number of halogens is 2. The molecule has 172 valence electrons. The fourth-order valence-electron chi connectivity index (χ4n) is 3.77. The predicted octanol–water partition coefficient (Wildman–Crippen LogP) is 2.54. The van der Waals surface area contributed by atoms with Gasteiger partial charge in [-0.3, -0.25) is 10.1 Å². The lowest BCUT2D eigenvalue weighted by Crippen LogP contribution is -2.53. The van der Waals surface area contributed by atoms with Gasteiger partial charge in [0.1, 0.15) is 4.90 Å². The number of anilines is 1. The number of non-ortho nitro benzene ring substituents is 1. The third-order valence-electron chi connectivity index (χ3n) is 5.28. The monoisotopic (exact) mass is 596 g/mol. The maximum atomic E-state index is 13.8. The molecule has 33 heavy (non-hydrogen) atoms. The third kappa shape index (κ3) is 5.04. The summed E-state index contributed by atoms with van der Waals surface area (Å²) in [5.74, 6) is 2.43. The predicted molar refractivity (Wildman–Crippen MR) is 130 cm³/mol. The number of alkyl halides is 2. The standard InChI is InChI=1S/C21H20Br2N5O4S/c1-2-16-12-19(28(29)30)13-20(21(16)25(8-6-22)9-7-23)33(31,32)26-10-11-27-17(14-24)4-3-5-18(27)15-26/h1,3-5,12-13H,6-11,15H2/q+1. The van der Waals surface area contributed by atoms with Crippen molar-refractivity contribution in [2.24, 2.45) is 0 Å². The van der Waals surface area contributed by atoms with Crippen molar-refractivity contribution in [2.75, 3.05) is 35.2 Å². The highest BCUT2D eigenvalue weighted by Crippen LogP contribution is 2.36. The van der Waals surface area contributed by atoms with Crippen molar-refractivity contribution >= 4 is 53.3 Å². The Morgan fingerprint density at radius 2 is 1.97 bits per heavy atom. The normalized spacial score (nSPS) is 13.6. The third-order valence-corrected chi connectivity index (χ3v) is 7.84. The van der Waals surface area contributed by atoms with E-state index in [1.54, 1.807) is 27.7 Å². The van der Waals surface area contributed by atoms with E-state index in [0.29, 0.717) is 35.1 Å². The molecule has 1 aromatic carbocycles. The lowest BCUT2D eigenvalue weighted by molar-refractivity contribution is -0.712. The molecule has 1 aliphatic rings. The maximum absolute atomic E-state index is 13.8. The molecular formula is C21H20Br2N5O4S+. The van der Waals surface area contributed by atoms with Gasteiger partial charge in [-0.2, -0.15) is 14.1 Å². The van der Waals surface area contributed by atoms with Crippen LogP contribution in [0.15, 0.2) is 35.2 Å². The second kappa shape index (κ2) is 10.6. The molecule has 0 aliphatic carbocycles. The minimum atomic E-state index is -4.16. The summed E-state index contributed by atoms with van der Waals surface area (Å²) in [5, 5.41) is 22.0. The van der Waals surface area contributed by atoms with E-state index in [1.807, 2.05) is 0 Å². The van der Waals surface area contributed by atoms with Crippen molar-refractivity contribution in [2.45, 2.75) is 18.0 Å². The number of fused-ring (bicyclic) bond motifs is 1. The van der Waals surface area contributed by atoms with Crippen molar-refractivity contribution in [1.82, 2.24) is 4.31 Å². The molecule has 9 nitrogen and oxygen atoms in total. The molecular weight excluding hydrogens is 578 g/mol. The molecule has 0 spiro atoms. The Hall–Kier alpha value is -2.51. The van der Waals surface area contributed by atoms with Gasteiger partial charge >= 0.3 is 0 Å². The van der Waals surface area contributed by atoms with Crippen molar-refractivity contribution in [3.63, 3.8) is 0 Å². The van der Waals surface area contributed by atoms with E-state index < -0.39 is 14.9 Å². The molecule has 2 heterocycles. The first-order chi connectivity index (χ1) is 15.8. The van der Waals surface area contributed by atoms with E-state index in [9.17, 15) is 23.8 Å². The Morgan fingerprint density at radius 1 is 1.27 bits per heavy atom. The number of sulfonamides is 1. The van der Waals surface area contributed by atoms with Crippen molar-refractivity contribution in [3.05, 3.63) is 57.4 Å². The number of hydrogen-bond donors (Lipinski definition) is 0. The number of benzene rings is 1. The van der Waals surface area contributed by atoms with E-state index in [-0.39, 0.29) is 41.5 Å². The number of nitro groups is 1. The Balaban J connectivity index is 2.19. The van der Waals surface area contributed by atoms with E-state index in [1.165, 1.54) is 10.4 Å². The summed E-state index contributed by atoms with van der Waals surface area (Å²) in [6.45, 7) is 1.33. The molecule has 0 radical (unpaired) electrons. The van der Waals surface area contributed by atoms with E-state index in [0.717, 1.165) is 6.07 Å². The number of pyridine rings is 1. The SMILES string of the molecule is C#Cc1cc([N+](=O)[O-])cc(S(=O)(=O)N2CC[n+]3c(C#N)cccc3C2)c1N(CCBr)CCBr. The Bertz CT molecular complexity index is 1260. The van der Waals surface area contributed by atoms with E-state index in [2.05, 4.69) is 43.8 Å². The molecule has 0 saturated heterocycles. The van der Waals surface area contributed by atoms with Gasteiger partial charge in [0, 0.05) is 48.0 Å². The minimum Gasteiger partial charge on any atom is -0.368 e. The lowest BCUT2D eigenvalue weighted by atomic mass is 10.1. The largest absolute Gasteiger partial charge is 0.368 e. The molecule has 0 saturated carbocycles. The second-order valence-corrected chi connectivity index (χ2v) is 10.6. The van der Waals surface area contributed by atoms with Gasteiger partial charge in [0.25, 0.3) is 11.4 Å². The molecule has 3 rings (SSSR count). The van der Waals surface area contributed by atoms with Crippen molar-refractivity contribution in [1.29, 1.82) is 5.26 Å². The summed E-state index contributed by atoms with van der Waals surface area (Å²) in [6, 6.07) is 9.54. The highest BCUT2D eigenvalue weighted by atomic mass is 79.9. The number of nitriles is 1. The topological polar surface area (TPSA) is 111 Å². The Morgan fingerprint density at radius 3 is 2.55 bits per heavy atom. The highest BCUT2D eigenvalue weighted by Gasteiger charge is 2.37. The molecule has 2 aromatic rings. The Kier molecular flexibility index (Phi) is 8.08. The zero-order valence-electron chi connectivity index (χ0n) is 17.4. The number of aromatic nitrogens is 1. The van der Waals surface area contributed by atoms with Gasteiger partial charge in [-0.1, -0.05) is 37.8 Å². The van der Waals surface area contributed by atoms with Gasteiger partial charge in [0.05, 0.1) is 29.3 Å². The zero-order chi connectivity index (χ0) is 24.2. The quantitative estimate of drug-likeness (QED) is 0.152. The van der Waals surface area contributed by atoms with Crippen LogP contribution < -0.4 is 9.47 Å². The van der Waals surface area contributed by atoms with Crippen LogP contribution in [0.1, 0.15) is 17.0 Å². The molecule has 12 heteroatoms. The molecule has 0 amide bonds. The van der Waals surface area contributed by atoms with Crippen LogP contribution in [-0.4, -0.2) is 47.9 Å². The van der Waals surface area contributed by atoms with E-state index in [4.69, 9.17) is 6.42 Å². The van der Waals surface area contributed by atoms with Gasteiger partial charge in [0.15, 0.2) is 18.3 Å². The highest BCUT2D eigenvalue weighted by molar-refractivity contribution is 9.09. The van der Waals surface area contributed by atoms with Crippen LogP contribution in [-0.2, 0) is 23.1 Å². The molecule has 0 unspecified atom stereocenters. The molecule has 0 N–H and O–H groups in total. The van der Waals surface area contributed by atoms with Gasteiger partial charge in [-0.05, 0) is 6.07 Å². The fraction of sp³-hybridized carbons (Fsp3) is 0.333. The summed E-state index contributed by atoms with van der Waals surface area (Å²) in [5.41, 5.74) is 1.12. The number of nitro benzene ring substituents is 1. The first kappa shape index (κ1) is 25.1. The van der Waals surface area contributed by atoms with Crippen LogP contribution >= 0.6 is 31.9 Å². The summed E-state index contributed by atoms with van der Waals surface area (Å²) in [4.78, 5) is 12.5. The molecule has 1 aromatic heterocycles. The molecule has 0 atom stereocenters. The van der Waals surface area contributed by atoms with Gasteiger partial charge in [0.2, 0.25) is 10.0 Å². The second-order valence-electron chi connectivity index (χ2n) is 7.11.